The number of hydrogen-bond acceptors (Lipinski definition) is 4. The number of unbranched alkanes of at least 4 members (excludes halogenated alkanes) is 3. The Bertz CT molecular complexity index is 497. The molecule has 5 heteroatoms. The van der Waals surface area contributed by atoms with E-state index in [0.29, 0.717) is 5.69 Å². The van der Waals surface area contributed by atoms with Crippen molar-refractivity contribution in [1.82, 2.24) is 5.16 Å². The first-order valence-electron chi connectivity index (χ1n) is 9.98. The van der Waals surface area contributed by atoms with Gasteiger partial charge in [-0.1, -0.05) is 0 Å². The van der Waals surface area contributed by atoms with Gasteiger partial charge in [-0.3, -0.25) is 0 Å². The first-order valence-corrected chi connectivity index (χ1v) is 17.5. The monoisotopic (exact) mass is 459 g/mol. The normalized spacial score (nSPS) is 12.4. The Labute approximate surface area is 157 Å². The van der Waals surface area contributed by atoms with Gasteiger partial charge in [0.15, 0.2) is 0 Å². The Morgan fingerprint density at radius 2 is 1.52 bits per heavy atom. The summed E-state index contributed by atoms with van der Waals surface area (Å²) in [7, 11) is 0. The fraction of sp³-hybridized carbons (Fsp3) is 0.800. The number of ether oxygens (including phenoxy) is 1. The summed E-state index contributed by atoms with van der Waals surface area (Å²) in [5.74, 6) is -0.371. The Morgan fingerprint density at radius 1 is 1.04 bits per heavy atom. The molecule has 1 aromatic rings. The van der Waals surface area contributed by atoms with Crippen molar-refractivity contribution >= 4 is 28.1 Å². The second-order valence-corrected chi connectivity index (χ2v) is 21.2. The second-order valence-electron chi connectivity index (χ2n) is 8.17. The zero-order valence-corrected chi connectivity index (χ0v) is 20.0. The van der Waals surface area contributed by atoms with Gasteiger partial charge in [0.2, 0.25) is 0 Å². The molecule has 0 aromatic carbocycles. The van der Waals surface area contributed by atoms with Crippen LogP contribution in [0.5, 0.6) is 0 Å². The van der Waals surface area contributed by atoms with Crippen LogP contribution in [-0.2, 0) is 4.74 Å². The Hall–Kier alpha value is -0.521. The summed E-state index contributed by atoms with van der Waals surface area (Å²) in [5, 5.41) is 4.09. The van der Waals surface area contributed by atoms with Gasteiger partial charge in [0.25, 0.3) is 0 Å². The summed E-state index contributed by atoms with van der Waals surface area (Å²) < 4.78 is 16.2. The molecule has 1 rings (SSSR count). The third-order valence-corrected chi connectivity index (χ3v) is 19.5. The minimum absolute atomic E-state index is 0.343. The molecule has 0 bridgehead atoms. The van der Waals surface area contributed by atoms with Gasteiger partial charge < -0.3 is 0 Å². The van der Waals surface area contributed by atoms with Crippen molar-refractivity contribution in [3.05, 3.63) is 11.8 Å². The van der Waals surface area contributed by atoms with Crippen molar-refractivity contribution < 1.29 is 14.1 Å². The van der Waals surface area contributed by atoms with Crippen molar-refractivity contribution in [2.45, 2.75) is 99.0 Å². The number of nitrogens with zero attached hydrogens (tertiary/aromatic N) is 1. The molecule has 4 nitrogen and oxygen atoms in total. The van der Waals surface area contributed by atoms with Gasteiger partial charge in [-0.15, -0.1) is 0 Å². The maximum atomic E-state index is 12.3. The number of carbonyl (C=O) groups is 1. The molecule has 1 heterocycles. The van der Waals surface area contributed by atoms with E-state index in [9.17, 15) is 4.79 Å². The van der Waals surface area contributed by atoms with E-state index in [2.05, 4.69) is 25.9 Å². The molecule has 0 radical (unpaired) electrons. The topological polar surface area (TPSA) is 52.3 Å². The molecule has 0 spiro atoms. The Kier molecular flexibility index (Phi) is 9.53. The van der Waals surface area contributed by atoms with Crippen LogP contribution < -0.4 is 3.78 Å². The summed E-state index contributed by atoms with van der Waals surface area (Å²) in [6, 6.07) is 1.92. The first-order chi connectivity index (χ1) is 11.8. The van der Waals surface area contributed by atoms with Crippen LogP contribution in [0, 0.1) is 0 Å². The quantitative estimate of drug-likeness (QED) is 0.316. The van der Waals surface area contributed by atoms with Crippen LogP contribution in [0.2, 0.25) is 13.3 Å². The molecule has 0 atom stereocenters. The van der Waals surface area contributed by atoms with Gasteiger partial charge in [-0.05, 0) is 0 Å². The number of aromatic nitrogens is 1. The van der Waals surface area contributed by atoms with E-state index < -0.39 is 24.0 Å². The van der Waals surface area contributed by atoms with E-state index in [4.69, 9.17) is 9.26 Å². The second kappa shape index (κ2) is 10.6. The van der Waals surface area contributed by atoms with Crippen molar-refractivity contribution in [1.29, 1.82) is 0 Å². The van der Waals surface area contributed by atoms with E-state index in [1.807, 2.05) is 26.8 Å². The average molecular weight is 458 g/mol. The molecule has 25 heavy (non-hydrogen) atoms. The predicted octanol–water partition coefficient (Wildman–Crippen LogP) is 5.69. The van der Waals surface area contributed by atoms with E-state index >= 15 is 0 Å². The molecular formula is C20H37NO3Sn. The molecule has 0 amide bonds. The minimum atomic E-state index is -2.65. The predicted molar refractivity (Wildman–Crippen MR) is 106 cm³/mol. The molecule has 0 N–H and O–H groups in total. The molecule has 0 saturated heterocycles. The van der Waals surface area contributed by atoms with Crippen molar-refractivity contribution in [2.24, 2.45) is 0 Å². The van der Waals surface area contributed by atoms with E-state index in [1.54, 1.807) is 0 Å². The average Bonchev–Trinajstić information content (AvgIpc) is 3.04. The summed E-state index contributed by atoms with van der Waals surface area (Å²) in [6.45, 7) is 12.4. The molecule has 0 aliphatic rings. The molecule has 0 aliphatic carbocycles. The van der Waals surface area contributed by atoms with Crippen molar-refractivity contribution in [2.75, 3.05) is 0 Å². The fourth-order valence-corrected chi connectivity index (χ4v) is 18.3. The van der Waals surface area contributed by atoms with Gasteiger partial charge >= 0.3 is 158 Å². The van der Waals surface area contributed by atoms with Crippen LogP contribution >= 0.6 is 0 Å². The third-order valence-electron chi connectivity index (χ3n) is 4.67. The zero-order chi connectivity index (χ0) is 18.9. The molecule has 0 fully saturated rings. The van der Waals surface area contributed by atoms with Crippen LogP contribution in [0.25, 0.3) is 0 Å². The SMILES string of the molecule is CCC[CH2][Sn]([CH2]CCC)([CH2]CCC)[c]1cc(C(=O)OC(C)(C)C)no1. The van der Waals surface area contributed by atoms with Crippen molar-refractivity contribution in [3.63, 3.8) is 0 Å². The van der Waals surface area contributed by atoms with Crippen LogP contribution in [0.4, 0.5) is 0 Å². The molecule has 0 saturated carbocycles. The van der Waals surface area contributed by atoms with Crippen LogP contribution in [0.3, 0.4) is 0 Å². The Morgan fingerprint density at radius 3 is 1.92 bits per heavy atom. The number of rotatable bonds is 11. The van der Waals surface area contributed by atoms with Crippen LogP contribution in [0.1, 0.15) is 90.6 Å². The first kappa shape index (κ1) is 22.5. The fourth-order valence-electron chi connectivity index (χ4n) is 3.24. The summed E-state index contributed by atoms with van der Waals surface area (Å²) in [5.41, 5.74) is -0.168. The van der Waals surface area contributed by atoms with E-state index in [1.165, 1.54) is 51.8 Å². The van der Waals surface area contributed by atoms with Crippen LogP contribution in [0.15, 0.2) is 10.6 Å². The Balaban J connectivity index is 3.09. The van der Waals surface area contributed by atoms with Crippen molar-refractivity contribution in [3.8, 4) is 0 Å². The van der Waals surface area contributed by atoms with Gasteiger partial charge in [-0.2, -0.15) is 0 Å². The number of esters is 1. The zero-order valence-electron chi connectivity index (χ0n) is 17.1. The third kappa shape index (κ3) is 7.32. The van der Waals surface area contributed by atoms with Crippen LogP contribution in [-0.4, -0.2) is 35.1 Å². The standard InChI is InChI=1S/C8H10NO3.3C4H9.Sn/c1-8(2,3)12-7(10)6-4-5-11-9-6;3*1-3-4-2;/h4H,1-3H3;3*1,3-4H2,2H3;. The summed E-state index contributed by atoms with van der Waals surface area (Å²) in [4.78, 5) is 12.3. The summed E-state index contributed by atoms with van der Waals surface area (Å²) in [6.07, 6.45) is 7.40. The number of hydrogen-bond donors (Lipinski definition) is 0. The van der Waals surface area contributed by atoms with Gasteiger partial charge in [0, 0.05) is 0 Å². The van der Waals surface area contributed by atoms with Gasteiger partial charge in [0.05, 0.1) is 0 Å². The molecular weight excluding hydrogens is 421 g/mol. The van der Waals surface area contributed by atoms with E-state index in [0.717, 1.165) is 3.78 Å². The molecule has 0 unspecified atom stereocenters. The summed E-state index contributed by atoms with van der Waals surface area (Å²) >= 11 is -2.65. The van der Waals surface area contributed by atoms with Gasteiger partial charge in [-0.25, -0.2) is 0 Å². The molecule has 0 aliphatic heterocycles. The molecule has 144 valence electrons. The van der Waals surface area contributed by atoms with E-state index in [-0.39, 0.29) is 5.97 Å². The van der Waals surface area contributed by atoms with Gasteiger partial charge in [0.1, 0.15) is 0 Å². The molecule has 1 aromatic heterocycles. The maximum absolute atomic E-state index is 12.3. The number of carbonyl (C=O) groups excluding carboxylic acids is 1.